The number of methoxy groups -OCH3 is 1. The zero-order valence-corrected chi connectivity index (χ0v) is 12.3. The SMILES string of the molecule is COc1ccc(C(=O)NC2CCN(C)CC2C)c(N)c1. The van der Waals surface area contributed by atoms with Gasteiger partial charge in [0.25, 0.3) is 5.91 Å². The Balaban J connectivity index is 2.05. The molecule has 2 unspecified atom stereocenters. The molecule has 1 saturated heterocycles. The van der Waals surface area contributed by atoms with Crippen molar-refractivity contribution in [1.82, 2.24) is 10.2 Å². The number of rotatable bonds is 3. The van der Waals surface area contributed by atoms with Crippen LogP contribution in [0.3, 0.4) is 0 Å². The van der Waals surface area contributed by atoms with Crippen molar-refractivity contribution in [1.29, 1.82) is 0 Å². The van der Waals surface area contributed by atoms with E-state index in [0.717, 1.165) is 19.5 Å². The van der Waals surface area contributed by atoms with E-state index in [1.807, 2.05) is 0 Å². The first kappa shape index (κ1) is 14.7. The van der Waals surface area contributed by atoms with Crippen LogP contribution < -0.4 is 15.8 Å². The van der Waals surface area contributed by atoms with Crippen LogP contribution in [0.15, 0.2) is 18.2 Å². The Morgan fingerprint density at radius 2 is 2.25 bits per heavy atom. The van der Waals surface area contributed by atoms with Crippen molar-refractivity contribution in [2.45, 2.75) is 19.4 Å². The molecule has 1 amide bonds. The van der Waals surface area contributed by atoms with E-state index in [9.17, 15) is 4.79 Å². The summed E-state index contributed by atoms with van der Waals surface area (Å²) in [6.45, 7) is 4.18. The van der Waals surface area contributed by atoms with Crippen molar-refractivity contribution in [2.75, 3.05) is 33.0 Å². The quantitative estimate of drug-likeness (QED) is 0.818. The smallest absolute Gasteiger partial charge is 0.253 e. The minimum atomic E-state index is -0.105. The third-order valence-electron chi connectivity index (χ3n) is 3.93. The molecule has 2 rings (SSSR count). The highest BCUT2D eigenvalue weighted by Gasteiger charge is 2.26. The van der Waals surface area contributed by atoms with Gasteiger partial charge in [0.05, 0.1) is 12.7 Å². The molecule has 0 saturated carbocycles. The standard InChI is InChI=1S/C15H23N3O2/c1-10-9-18(2)7-6-14(10)17-15(19)12-5-4-11(20-3)8-13(12)16/h4-5,8,10,14H,6-7,9,16H2,1-3H3,(H,17,19). The minimum Gasteiger partial charge on any atom is -0.497 e. The van der Waals surface area contributed by atoms with Crippen molar-refractivity contribution in [3.8, 4) is 5.75 Å². The van der Waals surface area contributed by atoms with Crippen molar-refractivity contribution >= 4 is 11.6 Å². The summed E-state index contributed by atoms with van der Waals surface area (Å²) < 4.78 is 5.09. The van der Waals surface area contributed by atoms with Gasteiger partial charge in [-0.25, -0.2) is 0 Å². The van der Waals surface area contributed by atoms with Crippen LogP contribution in [-0.2, 0) is 0 Å². The second kappa shape index (κ2) is 6.13. The Hall–Kier alpha value is -1.75. The summed E-state index contributed by atoms with van der Waals surface area (Å²) >= 11 is 0. The molecular weight excluding hydrogens is 254 g/mol. The van der Waals surface area contributed by atoms with Crippen LogP contribution in [0.25, 0.3) is 0 Å². The van der Waals surface area contributed by atoms with E-state index in [2.05, 4.69) is 24.2 Å². The predicted octanol–water partition coefficient (Wildman–Crippen LogP) is 1.35. The van der Waals surface area contributed by atoms with Crippen LogP contribution in [0, 0.1) is 5.92 Å². The molecule has 1 aromatic rings. The zero-order chi connectivity index (χ0) is 14.7. The number of ether oxygens (including phenoxy) is 1. The summed E-state index contributed by atoms with van der Waals surface area (Å²) in [5, 5.41) is 3.10. The van der Waals surface area contributed by atoms with Crippen molar-refractivity contribution < 1.29 is 9.53 Å². The van der Waals surface area contributed by atoms with E-state index in [1.54, 1.807) is 25.3 Å². The maximum atomic E-state index is 12.3. The summed E-state index contributed by atoms with van der Waals surface area (Å²) in [5.41, 5.74) is 6.87. The summed E-state index contributed by atoms with van der Waals surface area (Å²) in [4.78, 5) is 14.6. The summed E-state index contributed by atoms with van der Waals surface area (Å²) in [7, 11) is 3.69. The molecule has 0 spiro atoms. The third kappa shape index (κ3) is 3.22. The fourth-order valence-corrected chi connectivity index (χ4v) is 2.69. The first-order valence-corrected chi connectivity index (χ1v) is 6.94. The molecule has 1 aromatic carbocycles. The van der Waals surface area contributed by atoms with Crippen molar-refractivity contribution in [3.05, 3.63) is 23.8 Å². The molecule has 110 valence electrons. The van der Waals surface area contributed by atoms with Gasteiger partial charge in [0.15, 0.2) is 0 Å². The molecule has 0 aromatic heterocycles. The minimum absolute atomic E-state index is 0.105. The van der Waals surface area contributed by atoms with Gasteiger partial charge in [-0.05, 0) is 38.1 Å². The number of benzene rings is 1. The third-order valence-corrected chi connectivity index (χ3v) is 3.93. The molecule has 20 heavy (non-hydrogen) atoms. The number of anilines is 1. The lowest BCUT2D eigenvalue weighted by Gasteiger charge is -2.35. The van der Waals surface area contributed by atoms with Gasteiger partial charge in [0.1, 0.15) is 5.75 Å². The average molecular weight is 277 g/mol. The predicted molar refractivity (Wildman–Crippen MR) is 79.9 cm³/mol. The van der Waals surface area contributed by atoms with Gasteiger partial charge in [0.2, 0.25) is 0 Å². The summed E-state index contributed by atoms with van der Waals surface area (Å²) in [6.07, 6.45) is 0.972. The Labute approximate surface area is 120 Å². The highest BCUT2D eigenvalue weighted by Crippen LogP contribution is 2.21. The second-order valence-electron chi connectivity index (χ2n) is 5.56. The van der Waals surface area contributed by atoms with Gasteiger partial charge >= 0.3 is 0 Å². The van der Waals surface area contributed by atoms with E-state index in [0.29, 0.717) is 22.9 Å². The van der Waals surface area contributed by atoms with Crippen LogP contribution in [0.1, 0.15) is 23.7 Å². The molecule has 0 bridgehead atoms. The van der Waals surface area contributed by atoms with Crippen LogP contribution in [0.5, 0.6) is 5.75 Å². The largest absolute Gasteiger partial charge is 0.497 e. The topological polar surface area (TPSA) is 67.6 Å². The Morgan fingerprint density at radius 3 is 2.85 bits per heavy atom. The van der Waals surface area contributed by atoms with Crippen LogP contribution in [0.4, 0.5) is 5.69 Å². The highest BCUT2D eigenvalue weighted by atomic mass is 16.5. The molecule has 5 heteroatoms. The van der Waals surface area contributed by atoms with Gasteiger partial charge < -0.3 is 20.7 Å². The van der Waals surface area contributed by atoms with E-state index < -0.39 is 0 Å². The molecule has 1 aliphatic rings. The van der Waals surface area contributed by atoms with Gasteiger partial charge in [-0.1, -0.05) is 6.92 Å². The van der Waals surface area contributed by atoms with Gasteiger partial charge in [0, 0.05) is 24.3 Å². The number of amides is 1. The zero-order valence-electron chi connectivity index (χ0n) is 12.3. The van der Waals surface area contributed by atoms with Crippen LogP contribution in [0.2, 0.25) is 0 Å². The fourth-order valence-electron chi connectivity index (χ4n) is 2.69. The number of nitrogens with two attached hydrogens (primary N) is 1. The first-order chi connectivity index (χ1) is 9.51. The van der Waals surface area contributed by atoms with E-state index >= 15 is 0 Å². The summed E-state index contributed by atoms with van der Waals surface area (Å²) in [5.74, 6) is 0.996. The van der Waals surface area contributed by atoms with E-state index in [-0.39, 0.29) is 11.9 Å². The molecule has 2 atom stereocenters. The molecule has 5 nitrogen and oxygen atoms in total. The first-order valence-electron chi connectivity index (χ1n) is 6.94. The number of hydrogen-bond acceptors (Lipinski definition) is 4. The van der Waals surface area contributed by atoms with Gasteiger partial charge in [-0.3, -0.25) is 4.79 Å². The van der Waals surface area contributed by atoms with E-state index in [4.69, 9.17) is 10.5 Å². The van der Waals surface area contributed by atoms with Gasteiger partial charge in [-0.15, -0.1) is 0 Å². The number of nitrogens with one attached hydrogen (secondary N) is 1. The number of nitrogens with zero attached hydrogens (tertiary/aromatic N) is 1. The number of likely N-dealkylation sites (tertiary alicyclic amines) is 1. The molecule has 0 aliphatic carbocycles. The van der Waals surface area contributed by atoms with Crippen LogP contribution >= 0.6 is 0 Å². The number of piperidine rings is 1. The van der Waals surface area contributed by atoms with Crippen molar-refractivity contribution in [2.24, 2.45) is 5.92 Å². The highest BCUT2D eigenvalue weighted by molar-refractivity contribution is 5.99. The Bertz CT molecular complexity index is 490. The normalized spacial score (nSPS) is 23.4. The number of carbonyl (C=O) groups is 1. The average Bonchev–Trinajstić information content (AvgIpc) is 2.41. The lowest BCUT2D eigenvalue weighted by atomic mass is 9.94. The fraction of sp³-hybridized carbons (Fsp3) is 0.533. The Kier molecular flexibility index (Phi) is 4.49. The van der Waals surface area contributed by atoms with Crippen LogP contribution in [-0.4, -0.2) is 44.1 Å². The molecule has 1 fully saturated rings. The Morgan fingerprint density at radius 1 is 1.50 bits per heavy atom. The molecule has 3 N–H and O–H groups in total. The molecule has 1 aliphatic heterocycles. The van der Waals surface area contributed by atoms with Gasteiger partial charge in [-0.2, -0.15) is 0 Å². The monoisotopic (exact) mass is 277 g/mol. The maximum absolute atomic E-state index is 12.3. The van der Waals surface area contributed by atoms with E-state index in [1.165, 1.54) is 0 Å². The molecular formula is C15H23N3O2. The molecule has 0 radical (unpaired) electrons. The second-order valence-corrected chi connectivity index (χ2v) is 5.56. The number of carbonyl (C=O) groups excluding carboxylic acids is 1. The van der Waals surface area contributed by atoms with Crippen molar-refractivity contribution in [3.63, 3.8) is 0 Å². The number of nitrogen functional groups attached to an aromatic ring is 1. The summed E-state index contributed by atoms with van der Waals surface area (Å²) in [6, 6.07) is 5.35. The number of hydrogen-bond donors (Lipinski definition) is 2. The lowest BCUT2D eigenvalue weighted by Crippen LogP contribution is -2.48. The molecule has 1 heterocycles. The maximum Gasteiger partial charge on any atom is 0.253 e. The lowest BCUT2D eigenvalue weighted by molar-refractivity contribution is 0.0884.